The largest absolute Gasteiger partial charge is 0.486 e. The lowest BCUT2D eigenvalue weighted by Gasteiger charge is -2.33. The maximum Gasteiger partial charge on any atom is 0.235 e. The fourth-order valence-corrected chi connectivity index (χ4v) is 6.53. The van der Waals surface area contributed by atoms with Crippen molar-refractivity contribution in [2.75, 3.05) is 11.1 Å². The van der Waals surface area contributed by atoms with E-state index in [1.165, 1.54) is 16.6 Å². The Morgan fingerprint density at radius 3 is 2.81 bits per heavy atom. The molecule has 2 aromatic heterocycles. The molecular weight excluding hydrogens is 526 g/mol. The van der Waals surface area contributed by atoms with Crippen LogP contribution >= 0.6 is 34.7 Å². The van der Waals surface area contributed by atoms with Crippen LogP contribution < -0.4 is 10.1 Å². The monoisotopic (exact) mass is 555 g/mol. The summed E-state index contributed by atoms with van der Waals surface area (Å²) in [6.07, 6.45) is 4.65. The van der Waals surface area contributed by atoms with Gasteiger partial charge in [-0.05, 0) is 60.4 Å². The standard InChI is InChI=1S/C27H30ClN5O2S2/c1-5-12-33-23(15-35-19-9-7-18(28)8-10-19)31-32-26(33)36-16-24(34)30-25-21(14-29)20-11-6-17(27(2,3)4)13-22(20)37-25/h5,7-10,17H,1,6,11-13,15-16H2,2-4H3,(H,30,34). The molecule has 0 fully saturated rings. The molecule has 1 amide bonds. The van der Waals surface area contributed by atoms with E-state index in [1.807, 2.05) is 4.57 Å². The number of benzene rings is 1. The average molecular weight is 556 g/mol. The fourth-order valence-electron chi connectivity index (χ4n) is 4.35. The smallest absolute Gasteiger partial charge is 0.235 e. The number of anilines is 1. The van der Waals surface area contributed by atoms with Crippen molar-refractivity contribution in [3.63, 3.8) is 0 Å². The van der Waals surface area contributed by atoms with E-state index in [0.29, 0.717) is 44.8 Å². The molecular formula is C27H30ClN5O2S2. The van der Waals surface area contributed by atoms with Crippen LogP contribution in [0.25, 0.3) is 0 Å². The summed E-state index contributed by atoms with van der Waals surface area (Å²) in [5.41, 5.74) is 1.93. The zero-order valence-electron chi connectivity index (χ0n) is 21.2. The van der Waals surface area contributed by atoms with E-state index in [4.69, 9.17) is 16.3 Å². The van der Waals surface area contributed by atoms with E-state index < -0.39 is 0 Å². The number of nitriles is 1. The topological polar surface area (TPSA) is 92.8 Å². The summed E-state index contributed by atoms with van der Waals surface area (Å²) < 4.78 is 7.68. The van der Waals surface area contributed by atoms with Crippen molar-refractivity contribution in [1.29, 1.82) is 5.26 Å². The van der Waals surface area contributed by atoms with Gasteiger partial charge in [0, 0.05) is 16.4 Å². The average Bonchev–Trinajstić information content (AvgIpc) is 3.41. The van der Waals surface area contributed by atoms with Crippen molar-refractivity contribution in [2.45, 2.75) is 58.3 Å². The third-order valence-corrected chi connectivity index (χ3v) is 8.86. The molecule has 1 aliphatic carbocycles. The summed E-state index contributed by atoms with van der Waals surface area (Å²) in [7, 11) is 0. The number of carbonyl (C=O) groups is 1. The molecule has 0 aliphatic heterocycles. The molecule has 1 aromatic carbocycles. The number of thiophene rings is 1. The van der Waals surface area contributed by atoms with Crippen LogP contribution in [0.3, 0.4) is 0 Å². The summed E-state index contributed by atoms with van der Waals surface area (Å²) >= 11 is 8.76. The number of aromatic nitrogens is 3. The number of nitrogens with one attached hydrogen (secondary N) is 1. The van der Waals surface area contributed by atoms with Gasteiger partial charge in [-0.15, -0.1) is 28.1 Å². The third kappa shape index (κ3) is 6.56. The highest BCUT2D eigenvalue weighted by Crippen LogP contribution is 2.44. The van der Waals surface area contributed by atoms with Gasteiger partial charge in [0.15, 0.2) is 11.0 Å². The summed E-state index contributed by atoms with van der Waals surface area (Å²) in [5, 5.41) is 23.2. The molecule has 37 heavy (non-hydrogen) atoms. The second kappa shape index (κ2) is 11.7. The first-order chi connectivity index (χ1) is 17.7. The summed E-state index contributed by atoms with van der Waals surface area (Å²) in [5.74, 6) is 1.83. The Kier molecular flexibility index (Phi) is 8.63. The highest BCUT2D eigenvalue weighted by atomic mass is 35.5. The fraction of sp³-hybridized carbons (Fsp3) is 0.407. The zero-order chi connectivity index (χ0) is 26.6. The molecule has 3 aromatic rings. The minimum Gasteiger partial charge on any atom is -0.486 e. The summed E-state index contributed by atoms with van der Waals surface area (Å²) in [6, 6.07) is 9.42. The van der Waals surface area contributed by atoms with E-state index >= 15 is 0 Å². The molecule has 2 heterocycles. The Hall–Kier alpha value is -2.80. The maximum atomic E-state index is 12.9. The molecule has 4 rings (SSSR count). The highest BCUT2D eigenvalue weighted by Gasteiger charge is 2.32. The zero-order valence-corrected chi connectivity index (χ0v) is 23.6. The second-order valence-corrected chi connectivity index (χ2v) is 12.5. The SMILES string of the molecule is C=CCn1c(COc2ccc(Cl)cc2)nnc1SCC(=O)Nc1sc2c(c1C#N)CCC(C(C)(C)C)C2. The first kappa shape index (κ1) is 27.2. The van der Waals surface area contributed by atoms with E-state index in [0.717, 1.165) is 24.8 Å². The number of ether oxygens (including phenoxy) is 1. The van der Waals surface area contributed by atoms with Crippen LogP contribution in [0.4, 0.5) is 5.00 Å². The summed E-state index contributed by atoms with van der Waals surface area (Å²) in [4.78, 5) is 14.1. The molecule has 194 valence electrons. The Bertz CT molecular complexity index is 1320. The number of fused-ring (bicyclic) bond motifs is 1. The molecule has 0 radical (unpaired) electrons. The number of carbonyl (C=O) groups excluding carboxylic acids is 1. The number of hydrogen-bond acceptors (Lipinski definition) is 7. The van der Waals surface area contributed by atoms with Crippen LogP contribution in [0.1, 0.15) is 49.0 Å². The minimum absolute atomic E-state index is 0.144. The maximum absolute atomic E-state index is 12.9. The van der Waals surface area contributed by atoms with Crippen LogP contribution in [-0.4, -0.2) is 26.4 Å². The van der Waals surface area contributed by atoms with Crippen LogP contribution in [0.2, 0.25) is 5.02 Å². The molecule has 1 unspecified atom stereocenters. The molecule has 0 bridgehead atoms. The molecule has 10 heteroatoms. The Labute approximate surface area is 230 Å². The van der Waals surface area contributed by atoms with Crippen molar-refractivity contribution in [1.82, 2.24) is 14.8 Å². The van der Waals surface area contributed by atoms with Gasteiger partial charge in [-0.25, -0.2) is 0 Å². The van der Waals surface area contributed by atoms with Crippen molar-refractivity contribution >= 4 is 45.6 Å². The lowest BCUT2D eigenvalue weighted by Crippen LogP contribution is -2.26. The molecule has 1 aliphatic rings. The van der Waals surface area contributed by atoms with Gasteiger partial charge < -0.3 is 10.1 Å². The number of amides is 1. The van der Waals surface area contributed by atoms with Crippen molar-refractivity contribution in [3.05, 3.63) is 63.8 Å². The number of thioether (sulfide) groups is 1. The number of rotatable bonds is 9. The van der Waals surface area contributed by atoms with Gasteiger partial charge in [0.2, 0.25) is 5.91 Å². The number of halogens is 1. The molecule has 0 spiro atoms. The van der Waals surface area contributed by atoms with Crippen LogP contribution in [0.15, 0.2) is 42.1 Å². The predicted molar refractivity (Wildman–Crippen MR) is 149 cm³/mol. The Morgan fingerprint density at radius 1 is 1.38 bits per heavy atom. The van der Waals surface area contributed by atoms with E-state index in [1.54, 1.807) is 41.7 Å². The van der Waals surface area contributed by atoms with E-state index in [-0.39, 0.29) is 23.7 Å². The Balaban J connectivity index is 1.40. The quantitative estimate of drug-likeness (QED) is 0.239. The van der Waals surface area contributed by atoms with Crippen LogP contribution in [0, 0.1) is 22.7 Å². The lowest BCUT2D eigenvalue weighted by atomic mass is 9.72. The predicted octanol–water partition coefficient (Wildman–Crippen LogP) is 6.51. The van der Waals surface area contributed by atoms with Gasteiger partial charge in [-0.3, -0.25) is 9.36 Å². The first-order valence-corrected chi connectivity index (χ1v) is 14.3. The first-order valence-electron chi connectivity index (χ1n) is 12.1. The normalized spacial score (nSPS) is 15.1. The number of allylic oxidation sites excluding steroid dienone is 1. The Morgan fingerprint density at radius 2 is 2.14 bits per heavy atom. The van der Waals surface area contributed by atoms with Crippen LogP contribution in [-0.2, 0) is 30.8 Å². The second-order valence-electron chi connectivity index (χ2n) is 10.0. The van der Waals surface area contributed by atoms with Crippen molar-refractivity contribution in [2.24, 2.45) is 11.3 Å². The molecule has 0 saturated carbocycles. The van der Waals surface area contributed by atoms with Gasteiger partial charge >= 0.3 is 0 Å². The van der Waals surface area contributed by atoms with Crippen molar-refractivity contribution < 1.29 is 9.53 Å². The van der Waals surface area contributed by atoms with Crippen molar-refractivity contribution in [3.8, 4) is 11.8 Å². The van der Waals surface area contributed by atoms with Gasteiger partial charge in [0.25, 0.3) is 0 Å². The molecule has 0 saturated heterocycles. The van der Waals surface area contributed by atoms with E-state index in [2.05, 4.69) is 48.9 Å². The van der Waals surface area contributed by atoms with Gasteiger partial charge in [-0.2, -0.15) is 5.26 Å². The van der Waals surface area contributed by atoms with E-state index in [9.17, 15) is 10.1 Å². The third-order valence-electron chi connectivity index (χ3n) is 6.47. The lowest BCUT2D eigenvalue weighted by molar-refractivity contribution is -0.113. The highest BCUT2D eigenvalue weighted by molar-refractivity contribution is 7.99. The van der Waals surface area contributed by atoms with Crippen LogP contribution in [0.5, 0.6) is 5.75 Å². The molecule has 1 atom stereocenters. The molecule has 1 N–H and O–H groups in total. The van der Waals surface area contributed by atoms with Gasteiger partial charge in [0.05, 0.1) is 11.3 Å². The van der Waals surface area contributed by atoms with Gasteiger partial charge in [-0.1, -0.05) is 50.2 Å². The van der Waals surface area contributed by atoms with Gasteiger partial charge in [0.1, 0.15) is 23.4 Å². The molecule has 7 nitrogen and oxygen atoms in total. The minimum atomic E-state index is -0.181. The number of hydrogen-bond donors (Lipinski definition) is 1. The number of nitrogens with zero attached hydrogens (tertiary/aromatic N) is 4. The summed E-state index contributed by atoms with van der Waals surface area (Å²) in [6.45, 7) is 11.3.